The van der Waals surface area contributed by atoms with Crippen LogP contribution in [0.1, 0.15) is 35.9 Å². The Morgan fingerprint density at radius 1 is 1.38 bits per heavy atom. The van der Waals surface area contributed by atoms with Crippen molar-refractivity contribution < 1.29 is 4.79 Å². The summed E-state index contributed by atoms with van der Waals surface area (Å²) in [7, 11) is 0. The highest BCUT2D eigenvalue weighted by molar-refractivity contribution is 6.06. The fourth-order valence-electron chi connectivity index (χ4n) is 3.09. The second kappa shape index (κ2) is 6.75. The highest BCUT2D eigenvalue weighted by Gasteiger charge is 2.41. The molecule has 0 aliphatic carbocycles. The second-order valence-corrected chi connectivity index (χ2v) is 6.56. The fourth-order valence-corrected chi connectivity index (χ4v) is 3.09. The van der Waals surface area contributed by atoms with Gasteiger partial charge in [0.15, 0.2) is 5.82 Å². The van der Waals surface area contributed by atoms with Crippen LogP contribution >= 0.6 is 0 Å². The first-order valence-corrected chi connectivity index (χ1v) is 8.31. The Morgan fingerprint density at radius 3 is 2.75 bits per heavy atom. The van der Waals surface area contributed by atoms with E-state index in [2.05, 4.69) is 27.2 Å². The van der Waals surface area contributed by atoms with E-state index in [1.54, 1.807) is 18.5 Å². The van der Waals surface area contributed by atoms with Gasteiger partial charge in [0.25, 0.3) is 0 Å². The van der Waals surface area contributed by atoms with Gasteiger partial charge >= 0.3 is 0 Å². The number of aromatic nitrogens is 3. The smallest absolute Gasteiger partial charge is 0.203 e. The number of carbonyl (C=O) groups excluding carboxylic acids is 1. The average Bonchev–Trinajstić information content (AvgIpc) is 2.63. The molecule has 0 saturated carbocycles. The van der Waals surface area contributed by atoms with Gasteiger partial charge in [-0.1, -0.05) is 6.92 Å². The summed E-state index contributed by atoms with van der Waals surface area (Å²) >= 11 is 0. The van der Waals surface area contributed by atoms with E-state index in [1.807, 2.05) is 19.1 Å². The van der Waals surface area contributed by atoms with Crippen LogP contribution in [0.3, 0.4) is 0 Å². The molecule has 0 amide bonds. The topological polar surface area (TPSA) is 93.8 Å². The summed E-state index contributed by atoms with van der Waals surface area (Å²) < 4.78 is 0. The van der Waals surface area contributed by atoms with Crippen molar-refractivity contribution in [2.24, 2.45) is 11.7 Å². The molecule has 3 rings (SSSR count). The minimum atomic E-state index is -0.753. The normalized spacial score (nSPS) is 23.9. The van der Waals surface area contributed by atoms with E-state index < -0.39 is 5.54 Å². The van der Waals surface area contributed by atoms with Crippen LogP contribution in [-0.4, -0.2) is 39.4 Å². The maximum Gasteiger partial charge on any atom is 0.203 e. The Balaban J connectivity index is 2.05. The Morgan fingerprint density at radius 2 is 2.12 bits per heavy atom. The maximum absolute atomic E-state index is 13.3. The third kappa shape index (κ3) is 3.07. The van der Waals surface area contributed by atoms with Crippen LogP contribution in [0.4, 0.5) is 0 Å². The van der Waals surface area contributed by atoms with Crippen LogP contribution in [0.5, 0.6) is 0 Å². The van der Waals surface area contributed by atoms with Gasteiger partial charge in [-0.3, -0.25) is 4.79 Å². The summed E-state index contributed by atoms with van der Waals surface area (Å²) in [6, 6.07) is 5.48. The lowest BCUT2D eigenvalue weighted by molar-refractivity contribution is 0.0796. The molecular formula is C18H23N5O. The number of pyridine rings is 1. The third-order valence-corrected chi connectivity index (χ3v) is 4.69. The molecule has 3 N–H and O–H groups in total. The molecule has 6 nitrogen and oxygen atoms in total. The summed E-state index contributed by atoms with van der Waals surface area (Å²) in [6.07, 6.45) is 5.01. The fraction of sp³-hybridized carbons (Fsp3) is 0.444. The third-order valence-electron chi connectivity index (χ3n) is 4.69. The Labute approximate surface area is 141 Å². The Kier molecular flexibility index (Phi) is 4.69. The number of rotatable bonds is 4. The van der Waals surface area contributed by atoms with Gasteiger partial charge in [0.1, 0.15) is 5.69 Å². The Hall–Kier alpha value is -2.18. The zero-order valence-electron chi connectivity index (χ0n) is 14.1. The largest absolute Gasteiger partial charge is 0.328 e. The van der Waals surface area contributed by atoms with Crippen LogP contribution in [0.15, 0.2) is 30.6 Å². The minimum Gasteiger partial charge on any atom is -0.328 e. The standard InChI is InChI=1S/C18H23N5O/c1-12-6-7-18(11-19,22-10-12)16(24)15-14(5-4-13(2)23-15)17-20-8-3-9-21-17/h3-5,8-9,12,22H,6-7,10-11,19H2,1-2H3/t12-,18-/m0/s1. The van der Waals surface area contributed by atoms with Gasteiger partial charge < -0.3 is 11.1 Å². The minimum absolute atomic E-state index is 0.0666. The average molecular weight is 325 g/mol. The number of nitrogens with one attached hydrogen (secondary N) is 1. The van der Waals surface area contributed by atoms with Crippen molar-refractivity contribution in [3.05, 3.63) is 42.0 Å². The lowest BCUT2D eigenvalue weighted by atomic mass is 9.80. The number of nitrogens with zero attached hydrogens (tertiary/aromatic N) is 3. The van der Waals surface area contributed by atoms with Crippen molar-refractivity contribution >= 4 is 5.78 Å². The van der Waals surface area contributed by atoms with E-state index in [0.717, 1.165) is 18.7 Å². The summed E-state index contributed by atoms with van der Waals surface area (Å²) in [4.78, 5) is 26.4. The highest BCUT2D eigenvalue weighted by Crippen LogP contribution is 2.29. The van der Waals surface area contributed by atoms with Crippen molar-refractivity contribution in [3.8, 4) is 11.4 Å². The molecule has 3 heterocycles. The molecule has 126 valence electrons. The molecule has 24 heavy (non-hydrogen) atoms. The van der Waals surface area contributed by atoms with Crippen LogP contribution in [0.25, 0.3) is 11.4 Å². The van der Waals surface area contributed by atoms with Gasteiger partial charge in [-0.25, -0.2) is 15.0 Å². The van der Waals surface area contributed by atoms with Gasteiger partial charge in [-0.2, -0.15) is 0 Å². The molecular weight excluding hydrogens is 302 g/mol. The predicted octanol–water partition coefficient (Wildman–Crippen LogP) is 1.75. The molecule has 1 aliphatic heterocycles. The van der Waals surface area contributed by atoms with Gasteiger partial charge in [0, 0.05) is 30.2 Å². The van der Waals surface area contributed by atoms with Gasteiger partial charge in [0.2, 0.25) is 5.78 Å². The number of ketones is 1. The molecule has 0 unspecified atom stereocenters. The van der Waals surface area contributed by atoms with Crippen molar-refractivity contribution in [3.63, 3.8) is 0 Å². The molecule has 1 fully saturated rings. The van der Waals surface area contributed by atoms with E-state index in [4.69, 9.17) is 5.73 Å². The summed E-state index contributed by atoms with van der Waals surface area (Å²) in [5.74, 6) is 0.979. The first kappa shape index (κ1) is 16.7. The molecule has 1 saturated heterocycles. The second-order valence-electron chi connectivity index (χ2n) is 6.56. The number of nitrogens with two attached hydrogens (primary N) is 1. The molecule has 0 aromatic carbocycles. The highest BCUT2D eigenvalue weighted by atomic mass is 16.1. The van der Waals surface area contributed by atoms with Crippen molar-refractivity contribution in [2.45, 2.75) is 32.2 Å². The number of hydrogen-bond acceptors (Lipinski definition) is 6. The van der Waals surface area contributed by atoms with Gasteiger partial charge in [-0.05, 0) is 50.4 Å². The van der Waals surface area contributed by atoms with E-state index in [1.165, 1.54) is 0 Å². The molecule has 1 aliphatic rings. The van der Waals surface area contributed by atoms with E-state index in [0.29, 0.717) is 29.4 Å². The molecule has 6 heteroatoms. The SMILES string of the molecule is Cc1ccc(-c2ncccn2)c(C(=O)[C@@]2(CN)CC[C@H](C)CN2)n1. The molecule has 2 atom stereocenters. The van der Waals surface area contributed by atoms with Crippen molar-refractivity contribution in [1.29, 1.82) is 0 Å². The van der Waals surface area contributed by atoms with Crippen LogP contribution in [-0.2, 0) is 0 Å². The molecule has 2 aromatic heterocycles. The number of carbonyl (C=O) groups is 1. The quantitative estimate of drug-likeness (QED) is 0.832. The molecule has 0 bridgehead atoms. The lowest BCUT2D eigenvalue weighted by Crippen LogP contribution is -2.61. The molecule has 2 aromatic rings. The van der Waals surface area contributed by atoms with Crippen LogP contribution in [0.2, 0.25) is 0 Å². The van der Waals surface area contributed by atoms with E-state index in [9.17, 15) is 4.79 Å². The first-order valence-electron chi connectivity index (χ1n) is 8.31. The maximum atomic E-state index is 13.3. The van der Waals surface area contributed by atoms with Crippen LogP contribution in [0, 0.1) is 12.8 Å². The summed E-state index contributed by atoms with van der Waals surface area (Å²) in [6.45, 7) is 5.08. The molecule has 0 spiro atoms. The predicted molar refractivity (Wildman–Crippen MR) is 92.5 cm³/mol. The van der Waals surface area contributed by atoms with E-state index >= 15 is 0 Å². The zero-order chi connectivity index (χ0) is 17.2. The summed E-state index contributed by atoms with van der Waals surface area (Å²) in [5.41, 5.74) is 7.09. The monoisotopic (exact) mass is 325 g/mol. The van der Waals surface area contributed by atoms with Crippen LogP contribution < -0.4 is 11.1 Å². The summed E-state index contributed by atoms with van der Waals surface area (Å²) in [5, 5.41) is 3.37. The van der Waals surface area contributed by atoms with Gasteiger partial charge in [0.05, 0.1) is 5.54 Å². The van der Waals surface area contributed by atoms with Crippen molar-refractivity contribution in [1.82, 2.24) is 20.3 Å². The van der Waals surface area contributed by atoms with E-state index in [-0.39, 0.29) is 12.3 Å². The van der Waals surface area contributed by atoms with Crippen molar-refractivity contribution in [2.75, 3.05) is 13.1 Å². The number of Topliss-reactive ketones (excluding diaryl/α,β-unsaturated/α-hetero) is 1. The molecule has 0 radical (unpaired) electrons. The lowest BCUT2D eigenvalue weighted by Gasteiger charge is -2.38. The zero-order valence-corrected chi connectivity index (χ0v) is 14.1. The van der Waals surface area contributed by atoms with Gasteiger partial charge in [-0.15, -0.1) is 0 Å². The number of piperidine rings is 1. The number of aryl methyl sites for hydroxylation is 1. The number of hydrogen-bond donors (Lipinski definition) is 2. The first-order chi connectivity index (χ1) is 11.6. The Bertz CT molecular complexity index is 723.